The summed E-state index contributed by atoms with van der Waals surface area (Å²) in [6.07, 6.45) is 5.15. The number of ether oxygens (including phenoxy) is 1. The van der Waals surface area contributed by atoms with Crippen LogP contribution < -0.4 is 5.32 Å². The van der Waals surface area contributed by atoms with Gasteiger partial charge >= 0.3 is 5.97 Å². The zero-order valence-electron chi connectivity index (χ0n) is 17.7. The van der Waals surface area contributed by atoms with E-state index >= 15 is 0 Å². The topological polar surface area (TPSA) is 96.0 Å². The molecule has 1 atom stereocenters. The van der Waals surface area contributed by atoms with E-state index in [0.717, 1.165) is 32.0 Å². The normalized spacial score (nSPS) is 26.0. The molecule has 3 heterocycles. The predicted molar refractivity (Wildman–Crippen MR) is 110 cm³/mol. The number of amides is 1. The zero-order chi connectivity index (χ0) is 21.2. The third-order valence-electron chi connectivity index (χ3n) is 6.33. The Kier molecular flexibility index (Phi) is 6.70. The lowest BCUT2D eigenvalue weighted by molar-refractivity contribution is -0.150. The first-order chi connectivity index (χ1) is 13.6. The van der Waals surface area contributed by atoms with Crippen LogP contribution in [0, 0.1) is 5.92 Å². The largest absolute Gasteiger partial charge is 0.450 e. The van der Waals surface area contributed by atoms with Gasteiger partial charge in [-0.1, -0.05) is 6.92 Å². The van der Waals surface area contributed by atoms with Crippen LogP contribution in [0.5, 0.6) is 0 Å². The lowest BCUT2D eigenvalue weighted by Gasteiger charge is -2.38. The molecular formula is C20H33N3O5S. The van der Waals surface area contributed by atoms with E-state index in [1.807, 2.05) is 0 Å². The summed E-state index contributed by atoms with van der Waals surface area (Å²) in [5.74, 6) is -0.0242. The van der Waals surface area contributed by atoms with Crippen LogP contribution in [0.2, 0.25) is 0 Å². The summed E-state index contributed by atoms with van der Waals surface area (Å²) in [6, 6.07) is 0. The summed E-state index contributed by atoms with van der Waals surface area (Å²) < 4.78 is 30.5. The highest BCUT2D eigenvalue weighted by Gasteiger charge is 2.51. The monoisotopic (exact) mass is 427 g/mol. The number of nitrogens with one attached hydrogen (secondary N) is 1. The average molecular weight is 428 g/mol. The average Bonchev–Trinajstić information content (AvgIpc) is 2.88. The van der Waals surface area contributed by atoms with Gasteiger partial charge in [-0.05, 0) is 45.2 Å². The molecule has 1 N–H and O–H groups in total. The van der Waals surface area contributed by atoms with Crippen LogP contribution in [0.15, 0.2) is 11.1 Å². The van der Waals surface area contributed by atoms with Gasteiger partial charge in [0.25, 0.3) is 5.91 Å². The van der Waals surface area contributed by atoms with Gasteiger partial charge in [0.2, 0.25) is 10.0 Å². The Hall–Kier alpha value is -1.45. The molecule has 0 aromatic rings. The molecule has 1 amide bonds. The van der Waals surface area contributed by atoms with Crippen molar-refractivity contribution in [2.24, 2.45) is 5.92 Å². The van der Waals surface area contributed by atoms with Gasteiger partial charge < -0.3 is 15.0 Å². The fraction of sp³-hybridized carbons (Fsp3) is 0.800. The molecule has 3 rings (SSSR count). The van der Waals surface area contributed by atoms with Crippen molar-refractivity contribution in [2.45, 2.75) is 51.6 Å². The Morgan fingerprint density at radius 2 is 1.97 bits per heavy atom. The lowest BCUT2D eigenvalue weighted by Crippen LogP contribution is -2.50. The van der Waals surface area contributed by atoms with Crippen molar-refractivity contribution >= 4 is 21.9 Å². The molecule has 1 unspecified atom stereocenters. The molecule has 8 nitrogen and oxygen atoms in total. The van der Waals surface area contributed by atoms with Gasteiger partial charge in [0.1, 0.15) is 5.60 Å². The van der Waals surface area contributed by atoms with Crippen LogP contribution in [-0.2, 0) is 24.3 Å². The first kappa shape index (κ1) is 22.2. The van der Waals surface area contributed by atoms with Gasteiger partial charge in [0, 0.05) is 44.6 Å². The molecule has 3 aliphatic rings. The van der Waals surface area contributed by atoms with Gasteiger partial charge in [-0.3, -0.25) is 4.79 Å². The first-order valence-corrected chi connectivity index (χ1v) is 12.4. The van der Waals surface area contributed by atoms with Crippen LogP contribution in [0.1, 0.15) is 46.0 Å². The summed E-state index contributed by atoms with van der Waals surface area (Å²) in [6.45, 7) is 8.09. The fourth-order valence-electron chi connectivity index (χ4n) is 4.74. The van der Waals surface area contributed by atoms with Crippen molar-refractivity contribution < 1.29 is 22.7 Å². The molecule has 0 radical (unpaired) electrons. The predicted octanol–water partition coefficient (Wildman–Crippen LogP) is 0.892. The maximum absolute atomic E-state index is 12.9. The molecule has 3 aliphatic heterocycles. The second-order valence-electron chi connectivity index (χ2n) is 8.70. The van der Waals surface area contributed by atoms with Crippen molar-refractivity contribution in [3.8, 4) is 0 Å². The van der Waals surface area contributed by atoms with Crippen LogP contribution in [0.4, 0.5) is 0 Å². The van der Waals surface area contributed by atoms with Crippen LogP contribution in [-0.4, -0.2) is 80.6 Å². The highest BCUT2D eigenvalue weighted by atomic mass is 32.2. The maximum atomic E-state index is 12.9. The van der Waals surface area contributed by atoms with E-state index in [2.05, 4.69) is 17.1 Å². The minimum Gasteiger partial charge on any atom is -0.450 e. The number of nitrogens with zero attached hydrogens (tertiary/aromatic N) is 2. The lowest BCUT2D eigenvalue weighted by atomic mass is 9.83. The van der Waals surface area contributed by atoms with Crippen molar-refractivity contribution in [1.29, 1.82) is 0 Å². The molecule has 0 aromatic heterocycles. The molecule has 1 spiro atoms. The number of rotatable bonds is 6. The molecule has 2 fully saturated rings. The molecule has 9 heteroatoms. The SMILES string of the molecule is CC1=C(C(=O)NCCCN2CCCC(C)C2)C2(CCN(S(C)(=O)=O)CC2)OC1=O. The van der Waals surface area contributed by atoms with Crippen LogP contribution in [0.25, 0.3) is 0 Å². The minimum atomic E-state index is -3.30. The molecule has 29 heavy (non-hydrogen) atoms. The Labute approximate surface area is 173 Å². The third-order valence-corrected chi connectivity index (χ3v) is 7.63. The minimum absolute atomic E-state index is 0.239. The summed E-state index contributed by atoms with van der Waals surface area (Å²) in [5.41, 5.74) is -0.295. The number of hydrogen-bond donors (Lipinski definition) is 1. The molecule has 0 bridgehead atoms. The van der Waals surface area contributed by atoms with E-state index in [4.69, 9.17) is 4.74 Å². The number of likely N-dealkylation sites (tertiary alicyclic amines) is 1. The van der Waals surface area contributed by atoms with Crippen molar-refractivity contribution in [2.75, 3.05) is 45.5 Å². The van der Waals surface area contributed by atoms with E-state index in [9.17, 15) is 18.0 Å². The van der Waals surface area contributed by atoms with Gasteiger partial charge in [-0.2, -0.15) is 0 Å². The standard InChI is InChI=1S/C20H33N3O5S/c1-15-6-4-10-22(14-15)11-5-9-21-18(24)17-16(2)19(25)28-20(17)7-12-23(13-8-20)29(3,26)27/h15H,4-14H2,1-3H3,(H,21,24). The molecule has 0 aliphatic carbocycles. The summed E-state index contributed by atoms with van der Waals surface area (Å²) in [4.78, 5) is 27.6. The Morgan fingerprint density at radius 1 is 1.28 bits per heavy atom. The van der Waals surface area contributed by atoms with E-state index in [1.165, 1.54) is 23.4 Å². The number of esters is 1. The van der Waals surface area contributed by atoms with E-state index in [1.54, 1.807) is 6.92 Å². The molecular weight excluding hydrogens is 394 g/mol. The second-order valence-corrected chi connectivity index (χ2v) is 10.7. The van der Waals surface area contributed by atoms with Gasteiger partial charge in [-0.25, -0.2) is 17.5 Å². The van der Waals surface area contributed by atoms with E-state index in [-0.39, 0.29) is 19.0 Å². The molecule has 0 saturated carbocycles. The highest BCUT2D eigenvalue weighted by molar-refractivity contribution is 7.88. The molecule has 2 saturated heterocycles. The maximum Gasteiger partial charge on any atom is 0.335 e. The first-order valence-electron chi connectivity index (χ1n) is 10.5. The van der Waals surface area contributed by atoms with E-state index < -0.39 is 21.6 Å². The number of carbonyl (C=O) groups is 2. The summed E-state index contributed by atoms with van der Waals surface area (Å²) >= 11 is 0. The number of piperidine rings is 2. The van der Waals surface area contributed by atoms with Crippen molar-refractivity contribution in [3.05, 3.63) is 11.1 Å². The summed E-state index contributed by atoms with van der Waals surface area (Å²) in [5, 5.41) is 2.95. The van der Waals surface area contributed by atoms with Gasteiger partial charge in [0.05, 0.1) is 11.8 Å². The molecule has 164 valence electrons. The van der Waals surface area contributed by atoms with Crippen molar-refractivity contribution in [3.63, 3.8) is 0 Å². The number of carbonyl (C=O) groups excluding carboxylic acids is 2. The Bertz CT molecular complexity index is 784. The van der Waals surface area contributed by atoms with E-state index in [0.29, 0.717) is 30.5 Å². The van der Waals surface area contributed by atoms with Gasteiger partial charge in [-0.15, -0.1) is 0 Å². The van der Waals surface area contributed by atoms with Crippen LogP contribution >= 0.6 is 0 Å². The smallest absolute Gasteiger partial charge is 0.335 e. The zero-order valence-corrected chi connectivity index (χ0v) is 18.5. The summed E-state index contributed by atoms with van der Waals surface area (Å²) in [7, 11) is -3.30. The third kappa shape index (κ3) is 5.00. The second kappa shape index (κ2) is 8.73. The van der Waals surface area contributed by atoms with Crippen LogP contribution in [0.3, 0.4) is 0 Å². The Morgan fingerprint density at radius 3 is 2.59 bits per heavy atom. The fourth-order valence-corrected chi connectivity index (χ4v) is 5.59. The van der Waals surface area contributed by atoms with Crippen molar-refractivity contribution in [1.82, 2.24) is 14.5 Å². The van der Waals surface area contributed by atoms with Gasteiger partial charge in [0.15, 0.2) is 0 Å². The highest BCUT2D eigenvalue weighted by Crippen LogP contribution is 2.41. The number of hydrogen-bond acceptors (Lipinski definition) is 6. The quantitative estimate of drug-likeness (QED) is 0.500. The molecule has 0 aromatic carbocycles. The Balaban J connectivity index is 1.57. The number of sulfonamides is 1.